The first kappa shape index (κ1) is 8.96. The Morgan fingerprint density at radius 2 is 2.29 bits per heavy atom. The summed E-state index contributed by atoms with van der Waals surface area (Å²) in [6.45, 7) is 0. The molecule has 1 aliphatic carbocycles. The Morgan fingerprint density at radius 3 is 2.93 bits per heavy atom. The third-order valence-corrected chi connectivity index (χ3v) is 2.53. The number of rotatable bonds is 1. The van der Waals surface area contributed by atoms with Crippen LogP contribution in [0.4, 0.5) is 5.69 Å². The largest absolute Gasteiger partial charge is 0.507 e. The van der Waals surface area contributed by atoms with Gasteiger partial charge in [0.15, 0.2) is 0 Å². The van der Waals surface area contributed by atoms with Crippen LogP contribution in [0.3, 0.4) is 0 Å². The summed E-state index contributed by atoms with van der Waals surface area (Å²) in [5.74, 6) is -0.0563. The van der Waals surface area contributed by atoms with Crippen LogP contribution in [0.25, 0.3) is 0 Å². The van der Waals surface area contributed by atoms with Crippen LogP contribution in [0, 0.1) is 10.1 Å². The molecule has 1 unspecified atom stereocenters. The van der Waals surface area contributed by atoms with Crippen molar-refractivity contribution in [3.63, 3.8) is 0 Å². The molecule has 3 N–H and O–H groups in total. The van der Waals surface area contributed by atoms with E-state index in [4.69, 9.17) is 5.73 Å². The molecule has 14 heavy (non-hydrogen) atoms. The van der Waals surface area contributed by atoms with Gasteiger partial charge in [-0.15, -0.1) is 0 Å². The molecule has 0 aliphatic heterocycles. The number of phenolic OH excluding ortho intramolecular Hbond substituents is 1. The average molecular weight is 194 g/mol. The first-order valence-corrected chi connectivity index (χ1v) is 4.35. The number of nitro groups is 1. The summed E-state index contributed by atoms with van der Waals surface area (Å²) in [4.78, 5) is 9.99. The molecular formula is C9H10N2O3. The number of phenols is 1. The van der Waals surface area contributed by atoms with Gasteiger partial charge in [-0.3, -0.25) is 10.1 Å². The van der Waals surface area contributed by atoms with Gasteiger partial charge in [-0.1, -0.05) is 0 Å². The SMILES string of the molecule is NC1CCc2cc([N+](=O)[O-])cc(O)c21. The van der Waals surface area contributed by atoms with Gasteiger partial charge in [0.2, 0.25) is 0 Å². The molecule has 74 valence electrons. The summed E-state index contributed by atoms with van der Waals surface area (Å²) in [5.41, 5.74) is 7.13. The Balaban J connectivity index is 2.57. The predicted molar refractivity (Wildman–Crippen MR) is 50.0 cm³/mol. The van der Waals surface area contributed by atoms with Crippen molar-refractivity contribution < 1.29 is 10.0 Å². The second-order valence-electron chi connectivity index (χ2n) is 3.44. The molecule has 1 aromatic rings. The number of aromatic hydroxyl groups is 1. The topological polar surface area (TPSA) is 89.4 Å². The first-order chi connectivity index (χ1) is 6.59. The van der Waals surface area contributed by atoms with Crippen molar-refractivity contribution in [2.75, 3.05) is 0 Å². The summed E-state index contributed by atoms with van der Waals surface area (Å²) in [6.07, 6.45) is 1.44. The molecule has 0 saturated heterocycles. The molecule has 0 bridgehead atoms. The quantitative estimate of drug-likeness (QED) is 0.520. The average Bonchev–Trinajstić information content (AvgIpc) is 2.48. The molecule has 2 rings (SSSR count). The van der Waals surface area contributed by atoms with Gasteiger partial charge < -0.3 is 10.8 Å². The van der Waals surface area contributed by atoms with Gasteiger partial charge in [0.1, 0.15) is 5.75 Å². The molecule has 0 spiro atoms. The van der Waals surface area contributed by atoms with Gasteiger partial charge >= 0.3 is 0 Å². The van der Waals surface area contributed by atoms with E-state index in [1.165, 1.54) is 6.07 Å². The zero-order chi connectivity index (χ0) is 10.3. The van der Waals surface area contributed by atoms with Crippen LogP contribution in [0.15, 0.2) is 12.1 Å². The van der Waals surface area contributed by atoms with E-state index >= 15 is 0 Å². The van der Waals surface area contributed by atoms with Crippen molar-refractivity contribution in [3.05, 3.63) is 33.4 Å². The summed E-state index contributed by atoms with van der Waals surface area (Å²) in [5, 5.41) is 20.0. The summed E-state index contributed by atoms with van der Waals surface area (Å²) < 4.78 is 0. The number of non-ortho nitro benzene ring substituents is 1. The predicted octanol–water partition coefficient (Wildman–Crippen LogP) is 1.25. The van der Waals surface area contributed by atoms with E-state index in [9.17, 15) is 15.2 Å². The molecule has 0 aromatic heterocycles. The highest BCUT2D eigenvalue weighted by Gasteiger charge is 2.25. The van der Waals surface area contributed by atoms with Crippen LogP contribution in [0.5, 0.6) is 5.75 Å². The number of nitro benzene ring substituents is 1. The molecule has 1 atom stereocenters. The van der Waals surface area contributed by atoms with Crippen molar-refractivity contribution in [1.29, 1.82) is 0 Å². The van der Waals surface area contributed by atoms with Gasteiger partial charge in [0, 0.05) is 17.7 Å². The van der Waals surface area contributed by atoms with Crippen molar-refractivity contribution in [1.82, 2.24) is 0 Å². The standard InChI is InChI=1S/C9H10N2O3/c10-7-2-1-5-3-6(11(13)14)4-8(12)9(5)7/h3-4,7,12H,1-2,10H2. The number of hydrogen-bond donors (Lipinski definition) is 2. The summed E-state index contributed by atoms with van der Waals surface area (Å²) in [7, 11) is 0. The maximum absolute atomic E-state index is 10.5. The second kappa shape index (κ2) is 2.95. The number of aryl methyl sites for hydroxylation is 1. The Labute approximate surface area is 80.3 Å². The van der Waals surface area contributed by atoms with Gasteiger partial charge in [0.05, 0.1) is 11.0 Å². The van der Waals surface area contributed by atoms with E-state index in [1.54, 1.807) is 0 Å². The molecule has 1 aliphatic rings. The van der Waals surface area contributed by atoms with Crippen molar-refractivity contribution in [2.45, 2.75) is 18.9 Å². The van der Waals surface area contributed by atoms with Crippen molar-refractivity contribution >= 4 is 5.69 Å². The maximum atomic E-state index is 10.5. The lowest BCUT2D eigenvalue weighted by Crippen LogP contribution is -2.05. The van der Waals surface area contributed by atoms with Crippen molar-refractivity contribution in [2.24, 2.45) is 5.73 Å². The van der Waals surface area contributed by atoms with Gasteiger partial charge in [-0.25, -0.2) is 0 Å². The number of hydrogen-bond acceptors (Lipinski definition) is 4. The van der Waals surface area contributed by atoms with Crippen LogP contribution in [-0.2, 0) is 6.42 Å². The first-order valence-electron chi connectivity index (χ1n) is 4.35. The zero-order valence-electron chi connectivity index (χ0n) is 7.43. The molecule has 0 heterocycles. The van der Waals surface area contributed by atoms with Gasteiger partial charge in [-0.2, -0.15) is 0 Å². The number of nitrogens with zero attached hydrogens (tertiary/aromatic N) is 1. The molecule has 0 amide bonds. The molecule has 5 heteroatoms. The third-order valence-electron chi connectivity index (χ3n) is 2.53. The van der Waals surface area contributed by atoms with Crippen molar-refractivity contribution in [3.8, 4) is 5.75 Å². The molecule has 0 radical (unpaired) electrons. The highest BCUT2D eigenvalue weighted by molar-refractivity contribution is 5.52. The highest BCUT2D eigenvalue weighted by Crippen LogP contribution is 2.38. The summed E-state index contributed by atoms with van der Waals surface area (Å²) in [6, 6.07) is 2.46. The minimum atomic E-state index is -0.510. The van der Waals surface area contributed by atoms with E-state index in [1.807, 2.05) is 0 Å². The monoisotopic (exact) mass is 194 g/mol. The van der Waals surface area contributed by atoms with Crippen LogP contribution < -0.4 is 5.73 Å². The van der Waals surface area contributed by atoms with Crippen LogP contribution in [0.2, 0.25) is 0 Å². The van der Waals surface area contributed by atoms with E-state index in [2.05, 4.69) is 0 Å². The highest BCUT2D eigenvalue weighted by atomic mass is 16.6. The fourth-order valence-corrected chi connectivity index (χ4v) is 1.88. The Bertz CT molecular complexity index is 403. The number of benzene rings is 1. The van der Waals surface area contributed by atoms with E-state index in [-0.39, 0.29) is 17.5 Å². The smallest absolute Gasteiger partial charge is 0.273 e. The second-order valence-corrected chi connectivity index (χ2v) is 3.44. The Kier molecular flexibility index (Phi) is 1.89. The van der Waals surface area contributed by atoms with Gasteiger partial charge in [-0.05, 0) is 18.4 Å². The number of fused-ring (bicyclic) bond motifs is 1. The fraction of sp³-hybridized carbons (Fsp3) is 0.333. The van der Waals surface area contributed by atoms with Gasteiger partial charge in [0.25, 0.3) is 5.69 Å². The van der Waals surface area contributed by atoms with E-state index < -0.39 is 4.92 Å². The molecule has 1 aromatic carbocycles. The van der Waals surface area contributed by atoms with Crippen LogP contribution in [-0.4, -0.2) is 10.0 Å². The molecule has 0 fully saturated rings. The minimum Gasteiger partial charge on any atom is -0.507 e. The fourth-order valence-electron chi connectivity index (χ4n) is 1.88. The van der Waals surface area contributed by atoms with Crippen LogP contribution in [0.1, 0.15) is 23.6 Å². The lowest BCUT2D eigenvalue weighted by molar-refractivity contribution is -0.385. The minimum absolute atomic E-state index is 0.0563. The molecule has 5 nitrogen and oxygen atoms in total. The maximum Gasteiger partial charge on any atom is 0.273 e. The molecule has 0 saturated carbocycles. The van der Waals surface area contributed by atoms with E-state index in [0.717, 1.165) is 18.1 Å². The van der Waals surface area contributed by atoms with Crippen LogP contribution >= 0.6 is 0 Å². The van der Waals surface area contributed by atoms with E-state index in [0.29, 0.717) is 12.0 Å². The number of nitrogens with two attached hydrogens (primary N) is 1. The summed E-state index contributed by atoms with van der Waals surface area (Å²) >= 11 is 0. The normalized spacial score (nSPS) is 19.4. The lowest BCUT2D eigenvalue weighted by Gasteiger charge is -2.06. The Hall–Kier alpha value is -1.62. The molecular weight excluding hydrogens is 184 g/mol. The zero-order valence-corrected chi connectivity index (χ0v) is 7.43. The lowest BCUT2D eigenvalue weighted by atomic mass is 10.1. The Morgan fingerprint density at radius 1 is 1.57 bits per heavy atom. The third kappa shape index (κ3) is 1.22.